The molecule has 3 aromatic heterocycles. The quantitative estimate of drug-likeness (QED) is 0.730. The van der Waals surface area contributed by atoms with Crippen molar-refractivity contribution in [3.05, 3.63) is 42.2 Å². The zero-order chi connectivity index (χ0) is 14.1. The second kappa shape index (κ2) is 5.17. The molecule has 0 bridgehead atoms. The molecule has 0 aromatic carbocycles. The summed E-state index contributed by atoms with van der Waals surface area (Å²) in [6.45, 7) is 1.98. The van der Waals surface area contributed by atoms with Crippen LogP contribution in [0.3, 0.4) is 0 Å². The fourth-order valence-corrected chi connectivity index (χ4v) is 2.37. The number of ether oxygens (including phenoxy) is 1. The molecule has 0 aliphatic carbocycles. The Morgan fingerprint density at radius 1 is 1.33 bits per heavy atom. The number of hydrogen-bond donors (Lipinski definition) is 0. The van der Waals surface area contributed by atoms with Crippen LogP contribution in [0.4, 0.5) is 0 Å². The van der Waals surface area contributed by atoms with Crippen LogP contribution in [0, 0.1) is 0 Å². The van der Waals surface area contributed by atoms with Crippen molar-refractivity contribution in [2.75, 3.05) is 13.2 Å². The van der Waals surface area contributed by atoms with Crippen molar-refractivity contribution < 1.29 is 13.7 Å². The normalized spacial score (nSPS) is 18.4. The summed E-state index contributed by atoms with van der Waals surface area (Å²) in [4.78, 5) is 4.40. The van der Waals surface area contributed by atoms with Gasteiger partial charge in [-0.25, -0.2) is 0 Å². The minimum Gasteiger partial charge on any atom is -0.454 e. The van der Waals surface area contributed by atoms with E-state index < -0.39 is 0 Å². The zero-order valence-corrected chi connectivity index (χ0v) is 11.3. The standard InChI is InChI=1S/C14H14N4O3/c1-5-15-18(6-1)8-11-2-3-12(20-11)14-16-13(17-21-14)10-4-7-19-9-10/h1-3,5-6,10H,4,7-9H2. The summed E-state index contributed by atoms with van der Waals surface area (Å²) in [5.74, 6) is 2.68. The van der Waals surface area contributed by atoms with Crippen LogP contribution in [0.25, 0.3) is 11.7 Å². The largest absolute Gasteiger partial charge is 0.454 e. The maximum atomic E-state index is 5.73. The first-order valence-electron chi connectivity index (χ1n) is 6.86. The molecule has 1 unspecified atom stereocenters. The predicted molar refractivity (Wildman–Crippen MR) is 71.5 cm³/mol. The van der Waals surface area contributed by atoms with Gasteiger partial charge in [-0.2, -0.15) is 10.1 Å². The van der Waals surface area contributed by atoms with Gasteiger partial charge in [0.2, 0.25) is 0 Å². The van der Waals surface area contributed by atoms with Gasteiger partial charge in [-0.3, -0.25) is 4.68 Å². The third-order valence-corrected chi connectivity index (χ3v) is 3.49. The molecule has 1 saturated heterocycles. The Morgan fingerprint density at radius 2 is 2.33 bits per heavy atom. The van der Waals surface area contributed by atoms with E-state index in [0.717, 1.165) is 18.8 Å². The lowest BCUT2D eigenvalue weighted by molar-refractivity contribution is 0.192. The summed E-state index contributed by atoms with van der Waals surface area (Å²) in [7, 11) is 0. The third-order valence-electron chi connectivity index (χ3n) is 3.49. The summed E-state index contributed by atoms with van der Waals surface area (Å²) in [6.07, 6.45) is 4.55. The minimum atomic E-state index is 0.223. The SMILES string of the molecule is c1cnn(Cc2ccc(-c3nc(C4CCOC4)no3)o2)c1. The van der Waals surface area contributed by atoms with E-state index in [1.807, 2.05) is 24.4 Å². The van der Waals surface area contributed by atoms with E-state index in [4.69, 9.17) is 13.7 Å². The first-order chi connectivity index (χ1) is 10.4. The molecule has 4 rings (SSSR count). The van der Waals surface area contributed by atoms with E-state index in [0.29, 0.717) is 30.6 Å². The maximum absolute atomic E-state index is 5.73. The smallest absolute Gasteiger partial charge is 0.293 e. The van der Waals surface area contributed by atoms with E-state index in [1.54, 1.807) is 10.9 Å². The zero-order valence-electron chi connectivity index (χ0n) is 11.3. The Labute approximate surface area is 120 Å². The summed E-state index contributed by atoms with van der Waals surface area (Å²) in [5, 5.41) is 8.16. The van der Waals surface area contributed by atoms with Crippen molar-refractivity contribution in [1.82, 2.24) is 19.9 Å². The third kappa shape index (κ3) is 2.47. The van der Waals surface area contributed by atoms with E-state index in [1.165, 1.54) is 0 Å². The van der Waals surface area contributed by atoms with Crippen molar-refractivity contribution in [2.45, 2.75) is 18.9 Å². The monoisotopic (exact) mass is 286 g/mol. The Bertz CT molecular complexity index is 710. The van der Waals surface area contributed by atoms with Crippen molar-refractivity contribution in [3.63, 3.8) is 0 Å². The first kappa shape index (κ1) is 12.3. The molecule has 0 saturated carbocycles. The molecular formula is C14H14N4O3. The molecule has 21 heavy (non-hydrogen) atoms. The highest BCUT2D eigenvalue weighted by molar-refractivity contribution is 5.44. The number of aromatic nitrogens is 4. The summed E-state index contributed by atoms with van der Waals surface area (Å²) < 4.78 is 18.1. The fraction of sp³-hybridized carbons (Fsp3) is 0.357. The van der Waals surface area contributed by atoms with Gasteiger partial charge in [-0.1, -0.05) is 5.16 Å². The molecule has 0 amide bonds. The summed E-state index contributed by atoms with van der Waals surface area (Å²) in [6, 6.07) is 5.60. The van der Waals surface area contributed by atoms with Crippen LogP contribution in [0.5, 0.6) is 0 Å². The highest BCUT2D eigenvalue weighted by Crippen LogP contribution is 2.26. The molecule has 1 aliphatic rings. The molecule has 108 valence electrons. The van der Waals surface area contributed by atoms with Gasteiger partial charge < -0.3 is 13.7 Å². The molecule has 4 heterocycles. The number of nitrogens with zero attached hydrogens (tertiary/aromatic N) is 4. The average molecular weight is 286 g/mol. The lowest BCUT2D eigenvalue weighted by atomic mass is 10.1. The highest BCUT2D eigenvalue weighted by Gasteiger charge is 2.24. The van der Waals surface area contributed by atoms with Gasteiger partial charge in [0.25, 0.3) is 5.89 Å². The van der Waals surface area contributed by atoms with Gasteiger partial charge in [0.15, 0.2) is 11.6 Å². The second-order valence-corrected chi connectivity index (χ2v) is 4.99. The second-order valence-electron chi connectivity index (χ2n) is 4.99. The predicted octanol–water partition coefficient (Wildman–Crippen LogP) is 2.08. The van der Waals surface area contributed by atoms with Gasteiger partial charge in [0, 0.05) is 24.9 Å². The molecule has 1 atom stereocenters. The van der Waals surface area contributed by atoms with Crippen molar-refractivity contribution >= 4 is 0 Å². The van der Waals surface area contributed by atoms with E-state index in [9.17, 15) is 0 Å². The van der Waals surface area contributed by atoms with Gasteiger partial charge in [-0.05, 0) is 24.6 Å². The fourth-order valence-electron chi connectivity index (χ4n) is 2.37. The first-order valence-corrected chi connectivity index (χ1v) is 6.86. The lowest BCUT2D eigenvalue weighted by Gasteiger charge is -1.97. The maximum Gasteiger partial charge on any atom is 0.293 e. The Morgan fingerprint density at radius 3 is 3.14 bits per heavy atom. The van der Waals surface area contributed by atoms with Crippen LogP contribution in [0.15, 0.2) is 39.5 Å². The Balaban J connectivity index is 1.52. The molecular weight excluding hydrogens is 272 g/mol. The summed E-state index contributed by atoms with van der Waals surface area (Å²) in [5.41, 5.74) is 0. The highest BCUT2D eigenvalue weighted by atomic mass is 16.5. The van der Waals surface area contributed by atoms with Gasteiger partial charge in [0.05, 0.1) is 13.2 Å². The number of hydrogen-bond acceptors (Lipinski definition) is 6. The molecule has 1 fully saturated rings. The molecule has 0 N–H and O–H groups in total. The molecule has 0 radical (unpaired) electrons. The molecule has 7 heteroatoms. The van der Waals surface area contributed by atoms with Crippen molar-refractivity contribution in [2.24, 2.45) is 0 Å². The van der Waals surface area contributed by atoms with E-state index in [-0.39, 0.29) is 5.92 Å². The van der Waals surface area contributed by atoms with E-state index >= 15 is 0 Å². The topological polar surface area (TPSA) is 79.1 Å². The molecule has 0 spiro atoms. The van der Waals surface area contributed by atoms with Crippen LogP contribution >= 0.6 is 0 Å². The van der Waals surface area contributed by atoms with Crippen LogP contribution < -0.4 is 0 Å². The van der Waals surface area contributed by atoms with Crippen LogP contribution in [0.1, 0.15) is 23.9 Å². The minimum absolute atomic E-state index is 0.223. The molecule has 3 aromatic rings. The lowest BCUT2D eigenvalue weighted by Crippen LogP contribution is -1.99. The van der Waals surface area contributed by atoms with Crippen molar-refractivity contribution in [3.8, 4) is 11.7 Å². The average Bonchev–Trinajstić information content (AvgIpc) is 3.28. The molecule has 7 nitrogen and oxygen atoms in total. The van der Waals surface area contributed by atoms with Gasteiger partial charge in [-0.15, -0.1) is 0 Å². The van der Waals surface area contributed by atoms with Crippen molar-refractivity contribution in [1.29, 1.82) is 0 Å². The van der Waals surface area contributed by atoms with Gasteiger partial charge in [0.1, 0.15) is 5.76 Å². The van der Waals surface area contributed by atoms with Crippen LogP contribution in [-0.2, 0) is 11.3 Å². The Hall–Kier alpha value is -2.41. The van der Waals surface area contributed by atoms with Crippen LogP contribution in [-0.4, -0.2) is 33.1 Å². The van der Waals surface area contributed by atoms with Gasteiger partial charge >= 0.3 is 0 Å². The van der Waals surface area contributed by atoms with Crippen LogP contribution in [0.2, 0.25) is 0 Å². The molecule has 1 aliphatic heterocycles. The number of furan rings is 1. The van der Waals surface area contributed by atoms with E-state index in [2.05, 4.69) is 15.2 Å². The Kier molecular flexibility index (Phi) is 3.04. The summed E-state index contributed by atoms with van der Waals surface area (Å²) >= 11 is 0. The number of rotatable bonds is 4.